The molecule has 8 heteroatoms. The highest BCUT2D eigenvalue weighted by atomic mass is 16.5. The van der Waals surface area contributed by atoms with Gasteiger partial charge in [0.05, 0.1) is 13.3 Å². The van der Waals surface area contributed by atoms with Gasteiger partial charge in [-0.15, -0.1) is 0 Å². The minimum atomic E-state index is -0.419. The number of nitriles is 1. The summed E-state index contributed by atoms with van der Waals surface area (Å²) in [6.45, 7) is 1.74. The first-order valence-electron chi connectivity index (χ1n) is 9.51. The maximum absolute atomic E-state index is 12.5. The van der Waals surface area contributed by atoms with Crippen molar-refractivity contribution in [3.8, 4) is 23.4 Å². The topological polar surface area (TPSA) is 102 Å². The lowest BCUT2D eigenvalue weighted by Crippen LogP contribution is -2.22. The Hall–Kier alpha value is -4.38. The van der Waals surface area contributed by atoms with Crippen LogP contribution in [-0.4, -0.2) is 34.4 Å². The van der Waals surface area contributed by atoms with Gasteiger partial charge in [-0.25, -0.2) is 4.98 Å². The van der Waals surface area contributed by atoms with Gasteiger partial charge in [0.25, 0.3) is 5.91 Å². The zero-order chi connectivity index (χ0) is 21.8. The molecule has 4 rings (SSSR count). The number of nitrogens with one attached hydrogen (secondary N) is 1. The van der Waals surface area contributed by atoms with Crippen molar-refractivity contribution in [1.29, 1.82) is 5.26 Å². The van der Waals surface area contributed by atoms with Crippen LogP contribution in [-0.2, 0) is 4.79 Å². The number of methoxy groups -OCH3 is 1. The summed E-state index contributed by atoms with van der Waals surface area (Å²) in [5.74, 6) is 1.46. The Balaban J connectivity index is 1.67. The molecule has 0 saturated heterocycles. The number of hydrogen-bond acceptors (Lipinski definition) is 6. The fraction of sp³-hybridized carbons (Fsp3) is 0.130. The van der Waals surface area contributed by atoms with E-state index in [9.17, 15) is 10.1 Å². The van der Waals surface area contributed by atoms with E-state index in [1.807, 2.05) is 55.5 Å². The first-order valence-corrected chi connectivity index (χ1v) is 9.51. The van der Waals surface area contributed by atoms with Crippen LogP contribution < -0.4 is 14.8 Å². The largest absolute Gasteiger partial charge is 0.494 e. The number of carbonyl (C=O) groups excluding carboxylic acids is 1. The van der Waals surface area contributed by atoms with Crippen molar-refractivity contribution in [3.63, 3.8) is 0 Å². The lowest BCUT2D eigenvalue weighted by molar-refractivity contribution is -0.118. The number of hydrogen-bond donors (Lipinski definition) is 1. The smallest absolute Gasteiger partial charge is 0.263 e. The van der Waals surface area contributed by atoms with Gasteiger partial charge in [0.2, 0.25) is 0 Å². The van der Waals surface area contributed by atoms with Crippen LogP contribution in [0.25, 0.3) is 16.7 Å². The average Bonchev–Trinajstić information content (AvgIpc) is 3.20. The number of rotatable bonds is 6. The number of aromatic nitrogens is 3. The van der Waals surface area contributed by atoms with Crippen LogP contribution in [0.15, 0.2) is 60.8 Å². The summed E-state index contributed by atoms with van der Waals surface area (Å²) in [6.07, 6.45) is 1.39. The molecule has 0 atom stereocenters. The minimum Gasteiger partial charge on any atom is -0.494 e. The van der Waals surface area contributed by atoms with Gasteiger partial charge in [0.1, 0.15) is 28.6 Å². The van der Waals surface area contributed by atoms with Crippen molar-refractivity contribution in [2.45, 2.75) is 6.92 Å². The van der Waals surface area contributed by atoms with Crippen LogP contribution in [0.5, 0.6) is 11.5 Å². The molecule has 0 unspecified atom stereocenters. The van der Waals surface area contributed by atoms with E-state index >= 15 is 0 Å². The number of pyridine rings is 1. The van der Waals surface area contributed by atoms with Crippen LogP contribution in [0.3, 0.4) is 0 Å². The fourth-order valence-electron chi connectivity index (χ4n) is 3.21. The molecule has 0 saturated carbocycles. The third-order valence-electron chi connectivity index (χ3n) is 4.69. The van der Waals surface area contributed by atoms with Crippen LogP contribution in [0, 0.1) is 18.3 Å². The molecule has 0 aliphatic heterocycles. The number of anilines is 1. The summed E-state index contributed by atoms with van der Waals surface area (Å²) in [4.78, 5) is 17.2. The maximum atomic E-state index is 12.5. The van der Waals surface area contributed by atoms with Gasteiger partial charge in [0.15, 0.2) is 18.2 Å². The molecule has 1 N–H and O–H groups in total. The Labute approximate surface area is 178 Å². The van der Waals surface area contributed by atoms with E-state index in [2.05, 4.69) is 15.4 Å². The normalized spacial score (nSPS) is 10.5. The highest BCUT2D eigenvalue weighted by Gasteiger charge is 2.18. The van der Waals surface area contributed by atoms with Crippen molar-refractivity contribution in [2.75, 3.05) is 19.0 Å². The van der Waals surface area contributed by atoms with E-state index in [0.29, 0.717) is 22.8 Å². The SMILES string of the molecule is COc1cccc2c(C)cc(-n3ncc(C#N)c3NC(=O)COc3ccccc3)nc12. The molecule has 0 fully saturated rings. The predicted molar refractivity (Wildman–Crippen MR) is 115 cm³/mol. The first-order chi connectivity index (χ1) is 15.1. The van der Waals surface area contributed by atoms with Gasteiger partial charge in [-0.2, -0.15) is 15.0 Å². The van der Waals surface area contributed by atoms with Crippen LogP contribution >= 0.6 is 0 Å². The Bertz CT molecular complexity index is 1290. The number of nitrogens with zero attached hydrogens (tertiary/aromatic N) is 4. The molecule has 0 spiro atoms. The molecule has 0 aliphatic carbocycles. The number of ether oxygens (including phenoxy) is 2. The van der Waals surface area contributed by atoms with Crippen molar-refractivity contribution in [1.82, 2.24) is 14.8 Å². The van der Waals surface area contributed by atoms with Crippen molar-refractivity contribution < 1.29 is 14.3 Å². The number of amides is 1. The Morgan fingerprint density at radius 2 is 2.00 bits per heavy atom. The van der Waals surface area contributed by atoms with Gasteiger partial charge in [-0.1, -0.05) is 30.3 Å². The molecular weight excluding hydrogens is 394 g/mol. The minimum absolute atomic E-state index is 0.210. The fourth-order valence-corrected chi connectivity index (χ4v) is 3.21. The molecular formula is C23H19N5O3. The van der Waals surface area contributed by atoms with E-state index in [1.165, 1.54) is 10.9 Å². The Morgan fingerprint density at radius 1 is 1.19 bits per heavy atom. The predicted octanol–water partition coefficient (Wildman–Crippen LogP) is 3.63. The lowest BCUT2D eigenvalue weighted by atomic mass is 10.1. The molecule has 154 valence electrons. The van der Waals surface area contributed by atoms with E-state index in [1.54, 1.807) is 19.2 Å². The van der Waals surface area contributed by atoms with E-state index in [4.69, 9.17) is 9.47 Å². The number of aryl methyl sites for hydroxylation is 1. The van der Waals surface area contributed by atoms with Crippen molar-refractivity contribution in [2.24, 2.45) is 0 Å². The van der Waals surface area contributed by atoms with Gasteiger partial charge in [-0.05, 0) is 36.8 Å². The maximum Gasteiger partial charge on any atom is 0.263 e. The Morgan fingerprint density at radius 3 is 2.74 bits per heavy atom. The number of benzene rings is 2. The second kappa shape index (κ2) is 8.55. The van der Waals surface area contributed by atoms with Crippen LogP contribution in [0.1, 0.15) is 11.1 Å². The molecule has 0 bridgehead atoms. The van der Waals surface area contributed by atoms with Crippen LogP contribution in [0.2, 0.25) is 0 Å². The molecule has 1 amide bonds. The standard InChI is InChI=1S/C23H19N5O3/c1-15-11-20(26-22-18(15)9-6-10-19(22)30-2)28-23(16(12-24)13-25-28)27-21(29)14-31-17-7-4-3-5-8-17/h3-11,13H,14H2,1-2H3,(H,27,29). The van der Waals surface area contributed by atoms with Gasteiger partial charge >= 0.3 is 0 Å². The molecule has 2 aromatic carbocycles. The molecule has 8 nitrogen and oxygen atoms in total. The summed E-state index contributed by atoms with van der Waals surface area (Å²) >= 11 is 0. The summed E-state index contributed by atoms with van der Waals surface area (Å²) in [5.41, 5.74) is 1.84. The highest BCUT2D eigenvalue weighted by molar-refractivity contribution is 5.93. The van der Waals surface area contributed by atoms with Crippen molar-refractivity contribution >= 4 is 22.6 Å². The van der Waals surface area contributed by atoms with E-state index < -0.39 is 5.91 Å². The number of para-hydroxylation sites is 2. The summed E-state index contributed by atoms with van der Waals surface area (Å²) in [5, 5.41) is 17.4. The molecule has 0 aliphatic rings. The summed E-state index contributed by atoms with van der Waals surface area (Å²) < 4.78 is 12.4. The zero-order valence-electron chi connectivity index (χ0n) is 17.0. The highest BCUT2D eigenvalue weighted by Crippen LogP contribution is 2.29. The summed E-state index contributed by atoms with van der Waals surface area (Å²) in [6, 6.07) is 18.6. The van der Waals surface area contributed by atoms with Gasteiger partial charge in [-0.3, -0.25) is 4.79 Å². The third kappa shape index (κ3) is 4.02. The molecule has 2 heterocycles. The molecule has 2 aromatic heterocycles. The number of carbonyl (C=O) groups is 1. The Kier molecular flexibility index (Phi) is 5.49. The molecule has 4 aromatic rings. The quantitative estimate of drug-likeness (QED) is 0.518. The number of fused-ring (bicyclic) bond motifs is 1. The monoisotopic (exact) mass is 413 g/mol. The van der Waals surface area contributed by atoms with Gasteiger partial charge < -0.3 is 14.8 Å². The van der Waals surface area contributed by atoms with Gasteiger partial charge in [0, 0.05) is 5.39 Å². The summed E-state index contributed by atoms with van der Waals surface area (Å²) in [7, 11) is 1.58. The van der Waals surface area contributed by atoms with Crippen LogP contribution in [0.4, 0.5) is 5.82 Å². The first kappa shape index (κ1) is 19.9. The third-order valence-corrected chi connectivity index (χ3v) is 4.69. The molecule has 0 radical (unpaired) electrons. The van der Waals surface area contributed by atoms with E-state index in [0.717, 1.165) is 10.9 Å². The molecule has 31 heavy (non-hydrogen) atoms. The van der Waals surface area contributed by atoms with Crippen molar-refractivity contribution in [3.05, 3.63) is 71.9 Å². The average molecular weight is 413 g/mol. The zero-order valence-corrected chi connectivity index (χ0v) is 17.0. The second-order valence-corrected chi connectivity index (χ2v) is 6.73. The second-order valence-electron chi connectivity index (χ2n) is 6.73. The van der Waals surface area contributed by atoms with E-state index in [-0.39, 0.29) is 18.0 Å². The lowest BCUT2D eigenvalue weighted by Gasteiger charge is -2.13.